The minimum Gasteiger partial charge on any atom is -0.463 e. The fourth-order valence-electron chi connectivity index (χ4n) is 7.25. The van der Waals surface area contributed by atoms with Crippen LogP contribution in [0.3, 0.4) is 0 Å². The third-order valence-corrected chi connectivity index (χ3v) is 12.0. The van der Waals surface area contributed by atoms with Crippen LogP contribution in [0.1, 0.15) is 86.7 Å². The molecule has 0 aliphatic carbocycles. The van der Waals surface area contributed by atoms with Gasteiger partial charge in [0.2, 0.25) is 0 Å². The smallest absolute Gasteiger partial charge is 0.343 e. The Morgan fingerprint density at radius 2 is 0.875 bits per heavy atom. The summed E-state index contributed by atoms with van der Waals surface area (Å²) >= 11 is 0. The molecule has 0 saturated heterocycles. The van der Waals surface area contributed by atoms with Crippen LogP contribution < -0.4 is 4.74 Å². The van der Waals surface area contributed by atoms with Crippen LogP contribution in [0.25, 0.3) is 10.8 Å². The van der Waals surface area contributed by atoms with Crippen molar-refractivity contribution in [2.45, 2.75) is 78.1 Å². The molecule has 0 radical (unpaired) electrons. The maximum atomic E-state index is 12.8. The number of nitrogens with zero attached hydrogens (tertiary/aromatic N) is 4. The number of unbranched alkanes of at least 4 members (excludes halogenated alkanes) is 3. The molecule has 0 aromatic heterocycles. The van der Waals surface area contributed by atoms with Crippen molar-refractivity contribution in [2.75, 3.05) is 39.6 Å². The summed E-state index contributed by atoms with van der Waals surface area (Å²) in [6, 6.07) is 33.7. The molecular formula is C63H72N4O13. The van der Waals surface area contributed by atoms with Gasteiger partial charge in [-0.25, -0.2) is 28.8 Å². The number of aliphatic hydroxyl groups excluding tert-OH is 1. The number of carbonyl (C=O) groups excluding carboxylic acids is 6. The largest absolute Gasteiger partial charge is 0.463 e. The number of aliphatic hydroxyl groups is 1. The van der Waals surface area contributed by atoms with E-state index in [1.54, 1.807) is 43.3 Å². The Balaban J connectivity index is 0.000000535. The molecule has 0 atom stereocenters. The summed E-state index contributed by atoms with van der Waals surface area (Å²) in [6.45, 7) is 21.8. The molecule has 0 heterocycles. The fraction of sp³-hybridized carbons (Fsp3) is 0.302. The lowest BCUT2D eigenvalue weighted by Crippen LogP contribution is -2.29. The zero-order valence-electron chi connectivity index (χ0n) is 45.8. The monoisotopic (exact) mass is 1090 g/mol. The predicted octanol–water partition coefficient (Wildman–Crippen LogP) is 13.7. The minimum absolute atomic E-state index is 0.0548. The second-order valence-electron chi connectivity index (χ2n) is 17.5. The molecule has 17 nitrogen and oxygen atoms in total. The summed E-state index contributed by atoms with van der Waals surface area (Å²) in [5.74, 6) is -2.17. The highest BCUT2D eigenvalue weighted by Crippen LogP contribution is 2.36. The van der Waals surface area contributed by atoms with Gasteiger partial charge in [0, 0.05) is 47.8 Å². The minimum atomic E-state index is -0.485. The molecule has 5 aromatic carbocycles. The number of azo groups is 2. The Kier molecular flexibility index (Phi) is 30.8. The molecule has 0 aliphatic rings. The molecular weight excluding hydrogens is 1020 g/mol. The SMILES string of the molecule is C=CC(=O)OCC.C=CC(=O)OCCC(CC)(CO)CCOC(=O)C=C.C=CC(=O)OCCCCCc1ccc(C(=O)Oc2ccc(N=Nc3ccc(N=Nc4ccc(CCCCOC(=O)C=C)cc4)c4ccccc34)cc2)cc1. The van der Waals surface area contributed by atoms with Gasteiger partial charge < -0.3 is 33.5 Å². The Labute approximate surface area is 468 Å². The number of fused-ring (bicyclic) bond motifs is 1. The van der Waals surface area contributed by atoms with E-state index in [0.717, 1.165) is 91.3 Å². The van der Waals surface area contributed by atoms with Gasteiger partial charge in [-0.15, -0.1) is 10.2 Å². The van der Waals surface area contributed by atoms with Crippen LogP contribution in [0.15, 0.2) is 193 Å². The molecule has 0 amide bonds. The maximum absolute atomic E-state index is 12.8. The number of esters is 6. The predicted molar refractivity (Wildman–Crippen MR) is 308 cm³/mol. The zero-order chi connectivity index (χ0) is 58.4. The van der Waals surface area contributed by atoms with E-state index in [-0.39, 0.29) is 25.8 Å². The van der Waals surface area contributed by atoms with E-state index >= 15 is 0 Å². The first-order valence-electron chi connectivity index (χ1n) is 26.2. The number of ether oxygens (including phenoxy) is 6. The Morgan fingerprint density at radius 1 is 0.475 bits per heavy atom. The van der Waals surface area contributed by atoms with E-state index in [1.807, 2.05) is 79.7 Å². The molecule has 17 heteroatoms. The summed E-state index contributed by atoms with van der Waals surface area (Å²) in [5.41, 5.74) is 5.07. The fourth-order valence-corrected chi connectivity index (χ4v) is 7.25. The van der Waals surface area contributed by atoms with Gasteiger partial charge in [-0.1, -0.05) is 88.3 Å². The van der Waals surface area contributed by atoms with Crippen molar-refractivity contribution < 1.29 is 62.3 Å². The molecule has 0 fully saturated rings. The molecule has 422 valence electrons. The molecule has 5 aromatic rings. The quantitative estimate of drug-likeness (QED) is 0.0109. The van der Waals surface area contributed by atoms with E-state index in [2.05, 4.69) is 58.1 Å². The average Bonchev–Trinajstić information content (AvgIpc) is 3.49. The molecule has 80 heavy (non-hydrogen) atoms. The van der Waals surface area contributed by atoms with Crippen LogP contribution in [0.4, 0.5) is 22.7 Å². The highest BCUT2D eigenvalue weighted by molar-refractivity contribution is 5.99. The highest BCUT2D eigenvalue weighted by Gasteiger charge is 2.28. The van der Waals surface area contributed by atoms with Gasteiger partial charge in [-0.2, -0.15) is 10.2 Å². The van der Waals surface area contributed by atoms with E-state index in [0.29, 0.717) is 67.5 Å². The van der Waals surface area contributed by atoms with Crippen LogP contribution in [0.2, 0.25) is 0 Å². The first-order chi connectivity index (χ1) is 38.7. The number of benzene rings is 5. The number of rotatable bonds is 31. The van der Waals surface area contributed by atoms with Gasteiger partial charge in [-0.05, 0) is 148 Å². The summed E-state index contributed by atoms with van der Waals surface area (Å²) in [6.07, 6.45) is 13.5. The zero-order valence-corrected chi connectivity index (χ0v) is 45.8. The Hall–Kier alpha value is -8.96. The average molecular weight is 1090 g/mol. The van der Waals surface area contributed by atoms with Gasteiger partial charge >= 0.3 is 35.8 Å². The normalized spacial score (nSPS) is 10.7. The van der Waals surface area contributed by atoms with Crippen LogP contribution >= 0.6 is 0 Å². The Morgan fingerprint density at radius 3 is 1.29 bits per heavy atom. The van der Waals surface area contributed by atoms with Crippen molar-refractivity contribution in [1.29, 1.82) is 0 Å². The summed E-state index contributed by atoms with van der Waals surface area (Å²) in [4.78, 5) is 66.9. The lowest BCUT2D eigenvalue weighted by molar-refractivity contribution is -0.140. The van der Waals surface area contributed by atoms with Crippen LogP contribution in [-0.4, -0.2) is 80.6 Å². The highest BCUT2D eigenvalue weighted by atomic mass is 16.6. The number of aryl methyl sites for hydroxylation is 2. The molecule has 0 saturated carbocycles. The summed E-state index contributed by atoms with van der Waals surface area (Å²) in [5, 5.41) is 29.2. The second kappa shape index (κ2) is 37.8. The van der Waals surface area contributed by atoms with Crippen molar-refractivity contribution >= 4 is 69.3 Å². The van der Waals surface area contributed by atoms with E-state index in [4.69, 9.17) is 23.7 Å². The second-order valence-corrected chi connectivity index (χ2v) is 17.5. The molecule has 1 N–H and O–H groups in total. The van der Waals surface area contributed by atoms with Gasteiger partial charge in [-0.3, -0.25) is 0 Å². The van der Waals surface area contributed by atoms with Gasteiger partial charge in [0.1, 0.15) is 5.75 Å². The standard InChI is InChI=1S/C44H42N4O6.C14H22O5.C5H8O2/c1-3-42(49)52-30-10-5-6-12-32-16-20-34(21-17-32)44(51)54-37-26-24-36(25-27-37)46-48-41-29-28-40(38-14-7-8-15-39(38)41)47-45-35-22-18-33(19-23-35)13-9-11-31-53-43(50)4-2;1-4-12(16)18-9-7-14(6-3,11-15)8-10-19-13(17)5-2;1-3-5(6)7-4-2/h3-4,7-8,14-29H,1-2,5-6,9-13,30-31H2;4-5,15H,1-2,6-11H2,3H3;3H,1,4H2,2H3. The number of hydrogen-bond donors (Lipinski definition) is 1. The topological polar surface area (TPSA) is 227 Å². The van der Waals surface area contributed by atoms with E-state index in [9.17, 15) is 33.9 Å². The lowest BCUT2D eigenvalue weighted by atomic mass is 9.80. The maximum Gasteiger partial charge on any atom is 0.343 e. The molecule has 5 rings (SSSR count). The number of hydrogen-bond acceptors (Lipinski definition) is 17. The van der Waals surface area contributed by atoms with Gasteiger partial charge in [0.15, 0.2) is 0 Å². The summed E-state index contributed by atoms with van der Waals surface area (Å²) < 4.78 is 29.8. The Bertz CT molecular complexity index is 2850. The molecule has 0 unspecified atom stereocenters. The lowest BCUT2D eigenvalue weighted by Gasteiger charge is -2.30. The van der Waals surface area contributed by atoms with Crippen LogP contribution in [-0.2, 0) is 60.5 Å². The van der Waals surface area contributed by atoms with Crippen LogP contribution in [0, 0.1) is 5.41 Å². The van der Waals surface area contributed by atoms with Crippen molar-refractivity contribution in [1.82, 2.24) is 0 Å². The molecule has 0 aliphatic heterocycles. The first-order valence-corrected chi connectivity index (χ1v) is 26.2. The third kappa shape index (κ3) is 25.0. The van der Waals surface area contributed by atoms with E-state index in [1.165, 1.54) is 11.6 Å². The molecule has 0 bridgehead atoms. The number of carbonyl (C=O) groups is 6. The first kappa shape index (κ1) is 65.3. The van der Waals surface area contributed by atoms with Crippen molar-refractivity contribution in [3.63, 3.8) is 0 Å². The van der Waals surface area contributed by atoms with Gasteiger partial charge in [0.25, 0.3) is 0 Å². The van der Waals surface area contributed by atoms with Crippen molar-refractivity contribution in [3.8, 4) is 5.75 Å². The van der Waals surface area contributed by atoms with Crippen molar-refractivity contribution in [3.05, 3.63) is 189 Å². The van der Waals surface area contributed by atoms with E-state index < -0.39 is 35.3 Å². The molecule has 0 spiro atoms. The van der Waals surface area contributed by atoms with Gasteiger partial charge in [0.05, 0.1) is 61.3 Å². The van der Waals surface area contributed by atoms with Crippen LogP contribution in [0.5, 0.6) is 5.75 Å². The third-order valence-electron chi connectivity index (χ3n) is 12.0. The van der Waals surface area contributed by atoms with Crippen molar-refractivity contribution in [2.24, 2.45) is 25.9 Å². The summed E-state index contributed by atoms with van der Waals surface area (Å²) in [7, 11) is 0.